The maximum Gasteiger partial charge on any atom is 0.274 e. The zero-order valence-corrected chi connectivity index (χ0v) is 17.2. The average molecular weight is 392 g/mol. The second-order valence-electron chi connectivity index (χ2n) is 7.10. The van der Waals surface area contributed by atoms with Gasteiger partial charge in [-0.15, -0.1) is 0 Å². The van der Waals surface area contributed by atoms with E-state index in [2.05, 4.69) is 27.1 Å². The second kappa shape index (κ2) is 12.4. The molecule has 0 radical (unpaired) electrons. The van der Waals surface area contributed by atoms with Gasteiger partial charge < -0.3 is 15.0 Å². The molecule has 1 aliphatic rings. The van der Waals surface area contributed by atoms with Crippen molar-refractivity contribution in [2.75, 3.05) is 52.5 Å². The molecule has 1 saturated heterocycles. The fourth-order valence-electron chi connectivity index (χ4n) is 2.99. The Kier molecular flexibility index (Phi) is 9.85. The van der Waals surface area contributed by atoms with Crippen molar-refractivity contribution in [3.63, 3.8) is 0 Å². The van der Waals surface area contributed by atoms with Gasteiger partial charge in [0, 0.05) is 51.9 Å². The molecule has 2 rings (SSSR count). The Morgan fingerprint density at radius 1 is 1.18 bits per heavy atom. The lowest BCUT2D eigenvalue weighted by Crippen LogP contribution is -2.44. The van der Waals surface area contributed by atoms with Gasteiger partial charge in [-0.05, 0) is 13.3 Å². The zero-order valence-electron chi connectivity index (χ0n) is 17.2. The largest absolute Gasteiger partial charge is 0.379 e. The molecule has 1 aromatic heterocycles. The summed E-state index contributed by atoms with van der Waals surface area (Å²) < 4.78 is 5.37. The number of unbranched alkanes of at least 4 members (excludes halogenated alkanes) is 2. The molecule has 0 bridgehead atoms. The summed E-state index contributed by atoms with van der Waals surface area (Å²) in [6.07, 6.45) is 6.60. The topological polar surface area (TPSA) is 87.7 Å². The third kappa shape index (κ3) is 7.90. The highest BCUT2D eigenvalue weighted by atomic mass is 16.5. The van der Waals surface area contributed by atoms with Gasteiger partial charge in [0.2, 0.25) is 5.91 Å². The van der Waals surface area contributed by atoms with Crippen LogP contribution in [0.1, 0.15) is 48.8 Å². The molecule has 2 heterocycles. The van der Waals surface area contributed by atoms with E-state index in [1.807, 2.05) is 6.92 Å². The fraction of sp³-hybridized carbons (Fsp3) is 0.700. The van der Waals surface area contributed by atoms with Crippen molar-refractivity contribution >= 4 is 11.8 Å². The number of amides is 2. The van der Waals surface area contributed by atoms with Gasteiger partial charge in [-0.2, -0.15) is 0 Å². The summed E-state index contributed by atoms with van der Waals surface area (Å²) in [4.78, 5) is 37.4. The highest BCUT2D eigenvalue weighted by Crippen LogP contribution is 2.05. The second-order valence-corrected chi connectivity index (χ2v) is 7.10. The number of carbonyl (C=O) groups is 2. The predicted molar refractivity (Wildman–Crippen MR) is 107 cm³/mol. The van der Waals surface area contributed by atoms with E-state index in [1.54, 1.807) is 11.1 Å². The number of aryl methyl sites for hydroxylation is 1. The van der Waals surface area contributed by atoms with E-state index >= 15 is 0 Å². The molecular weight excluding hydrogens is 358 g/mol. The maximum atomic E-state index is 12.9. The Bertz CT molecular complexity index is 602. The third-order valence-corrected chi connectivity index (χ3v) is 4.79. The first-order chi connectivity index (χ1) is 13.6. The number of rotatable bonds is 11. The van der Waals surface area contributed by atoms with Gasteiger partial charge in [0.15, 0.2) is 0 Å². The monoisotopic (exact) mass is 391 g/mol. The van der Waals surface area contributed by atoms with Crippen molar-refractivity contribution < 1.29 is 14.3 Å². The molecule has 1 aliphatic heterocycles. The number of nitrogens with zero attached hydrogens (tertiary/aromatic N) is 4. The summed E-state index contributed by atoms with van der Waals surface area (Å²) in [7, 11) is 0. The summed E-state index contributed by atoms with van der Waals surface area (Å²) in [6, 6.07) is 0. The van der Waals surface area contributed by atoms with Crippen LogP contribution in [-0.2, 0) is 9.53 Å². The summed E-state index contributed by atoms with van der Waals surface area (Å²) in [6.45, 7) is 9.51. The normalized spacial score (nSPS) is 14.6. The van der Waals surface area contributed by atoms with Crippen LogP contribution in [0.2, 0.25) is 0 Å². The number of aromatic nitrogens is 2. The first-order valence-corrected chi connectivity index (χ1v) is 10.2. The molecule has 28 heavy (non-hydrogen) atoms. The number of morpholine rings is 1. The number of ether oxygens (including phenoxy) is 1. The molecule has 0 saturated carbocycles. The van der Waals surface area contributed by atoms with E-state index in [0.29, 0.717) is 31.7 Å². The molecular formula is C20H33N5O3. The quantitative estimate of drug-likeness (QED) is 0.572. The molecule has 0 aliphatic carbocycles. The Hall–Kier alpha value is -2.06. The van der Waals surface area contributed by atoms with Crippen LogP contribution in [0.25, 0.3) is 0 Å². The first-order valence-electron chi connectivity index (χ1n) is 10.2. The van der Waals surface area contributed by atoms with E-state index in [1.165, 1.54) is 6.20 Å². The highest BCUT2D eigenvalue weighted by Gasteiger charge is 2.20. The van der Waals surface area contributed by atoms with E-state index in [0.717, 1.165) is 57.8 Å². The lowest BCUT2D eigenvalue weighted by atomic mass is 10.2. The third-order valence-electron chi connectivity index (χ3n) is 4.79. The van der Waals surface area contributed by atoms with Crippen molar-refractivity contribution in [3.05, 3.63) is 23.8 Å². The van der Waals surface area contributed by atoms with Gasteiger partial charge in [0.25, 0.3) is 5.91 Å². The molecule has 0 spiro atoms. The molecule has 0 atom stereocenters. The Labute approximate surface area is 167 Å². The molecule has 8 heteroatoms. The van der Waals surface area contributed by atoms with Crippen molar-refractivity contribution in [1.29, 1.82) is 0 Å². The Balaban J connectivity index is 1.89. The average Bonchev–Trinajstić information content (AvgIpc) is 2.72. The fourth-order valence-corrected chi connectivity index (χ4v) is 2.99. The van der Waals surface area contributed by atoms with Crippen molar-refractivity contribution in [1.82, 2.24) is 25.1 Å². The smallest absolute Gasteiger partial charge is 0.274 e. The van der Waals surface area contributed by atoms with Crippen LogP contribution in [0.3, 0.4) is 0 Å². The van der Waals surface area contributed by atoms with Crippen molar-refractivity contribution in [3.8, 4) is 0 Å². The number of carbonyl (C=O) groups excluding carboxylic acids is 2. The first kappa shape index (κ1) is 22.2. The summed E-state index contributed by atoms with van der Waals surface area (Å²) in [5.41, 5.74) is 1.08. The van der Waals surface area contributed by atoms with E-state index in [4.69, 9.17) is 4.74 Å². The highest BCUT2D eigenvalue weighted by molar-refractivity contribution is 5.92. The molecule has 0 unspecified atom stereocenters. The number of hydrogen-bond donors (Lipinski definition) is 1. The van der Waals surface area contributed by atoms with Gasteiger partial charge in [-0.25, -0.2) is 4.98 Å². The van der Waals surface area contributed by atoms with Gasteiger partial charge in [-0.1, -0.05) is 19.8 Å². The standard InChI is InChI=1S/C20H33N5O3/c1-3-4-5-7-21-19(26)6-8-25(10-9-24-11-13-28-14-12-24)20(27)18-16-22-17(2)15-23-18/h15-16H,3-14H2,1-2H3,(H,21,26). The maximum absolute atomic E-state index is 12.9. The molecule has 1 aromatic rings. The van der Waals surface area contributed by atoms with Crippen LogP contribution in [0.4, 0.5) is 0 Å². The minimum absolute atomic E-state index is 0.0183. The van der Waals surface area contributed by atoms with Crippen LogP contribution >= 0.6 is 0 Å². The van der Waals surface area contributed by atoms with Crippen LogP contribution < -0.4 is 5.32 Å². The molecule has 1 N–H and O–H groups in total. The summed E-state index contributed by atoms with van der Waals surface area (Å²) >= 11 is 0. The molecule has 2 amide bonds. The van der Waals surface area contributed by atoms with E-state index in [-0.39, 0.29) is 11.8 Å². The molecule has 156 valence electrons. The summed E-state index contributed by atoms with van der Waals surface area (Å²) in [5.74, 6) is -0.199. The van der Waals surface area contributed by atoms with Gasteiger partial charge in [0.05, 0.1) is 25.1 Å². The SMILES string of the molecule is CCCCCNC(=O)CCN(CCN1CCOCC1)C(=O)c1cnc(C)cn1. The molecule has 8 nitrogen and oxygen atoms in total. The number of hydrogen-bond acceptors (Lipinski definition) is 6. The van der Waals surface area contributed by atoms with Crippen molar-refractivity contribution in [2.45, 2.75) is 39.5 Å². The minimum atomic E-state index is -0.181. The van der Waals surface area contributed by atoms with Crippen LogP contribution in [0.15, 0.2) is 12.4 Å². The van der Waals surface area contributed by atoms with Gasteiger partial charge in [0.1, 0.15) is 5.69 Å². The lowest BCUT2D eigenvalue weighted by molar-refractivity contribution is -0.121. The Morgan fingerprint density at radius 2 is 1.96 bits per heavy atom. The summed E-state index contributed by atoms with van der Waals surface area (Å²) in [5, 5.41) is 2.93. The van der Waals surface area contributed by atoms with Gasteiger partial charge >= 0.3 is 0 Å². The van der Waals surface area contributed by atoms with Crippen LogP contribution in [0.5, 0.6) is 0 Å². The number of nitrogens with one attached hydrogen (secondary N) is 1. The van der Waals surface area contributed by atoms with Crippen LogP contribution in [-0.4, -0.2) is 84.1 Å². The predicted octanol–water partition coefficient (Wildman–Crippen LogP) is 1.26. The van der Waals surface area contributed by atoms with E-state index < -0.39 is 0 Å². The van der Waals surface area contributed by atoms with E-state index in [9.17, 15) is 9.59 Å². The van der Waals surface area contributed by atoms with Crippen molar-refractivity contribution in [2.24, 2.45) is 0 Å². The lowest BCUT2D eigenvalue weighted by Gasteiger charge is -2.30. The molecule has 1 fully saturated rings. The zero-order chi connectivity index (χ0) is 20.2. The molecule has 0 aromatic carbocycles. The minimum Gasteiger partial charge on any atom is -0.379 e. The van der Waals surface area contributed by atoms with Crippen LogP contribution in [0, 0.1) is 6.92 Å². The van der Waals surface area contributed by atoms with Gasteiger partial charge in [-0.3, -0.25) is 19.5 Å². The Morgan fingerprint density at radius 3 is 2.64 bits per heavy atom.